The molecule has 0 bridgehead atoms. The van der Waals surface area contributed by atoms with Gasteiger partial charge < -0.3 is 4.90 Å². The number of nitrogens with zero attached hydrogens (tertiary/aromatic N) is 2. The first kappa shape index (κ1) is 18.7. The Balaban J connectivity index is 1.49. The maximum atomic E-state index is 12.6. The van der Waals surface area contributed by atoms with E-state index in [-0.39, 0.29) is 0 Å². The van der Waals surface area contributed by atoms with Crippen molar-refractivity contribution in [3.05, 3.63) is 84.2 Å². The van der Waals surface area contributed by atoms with Gasteiger partial charge in [-0.05, 0) is 54.7 Å². The molecule has 1 unspecified atom stereocenters. The van der Waals surface area contributed by atoms with Gasteiger partial charge in [-0.15, -0.1) is 0 Å². The first-order chi connectivity index (χ1) is 13.6. The van der Waals surface area contributed by atoms with E-state index >= 15 is 0 Å². The van der Waals surface area contributed by atoms with Gasteiger partial charge in [0.1, 0.15) is 9.92 Å². The molecule has 0 spiro atoms. The minimum Gasteiger partial charge on any atom is -0.341 e. The van der Waals surface area contributed by atoms with E-state index in [4.69, 9.17) is 4.78 Å². The van der Waals surface area contributed by atoms with Crippen molar-refractivity contribution >= 4 is 21.3 Å². The lowest BCUT2D eigenvalue weighted by Crippen LogP contribution is -2.27. The molecule has 2 aromatic carbocycles. The first-order valence-electron chi connectivity index (χ1n) is 9.52. The van der Waals surface area contributed by atoms with Crippen molar-refractivity contribution in [2.24, 2.45) is 0 Å². The van der Waals surface area contributed by atoms with Crippen LogP contribution in [0.5, 0.6) is 0 Å². The van der Waals surface area contributed by atoms with Crippen molar-refractivity contribution in [3.8, 4) is 0 Å². The third kappa shape index (κ3) is 3.93. The molecule has 28 heavy (non-hydrogen) atoms. The zero-order valence-corrected chi connectivity index (χ0v) is 16.5. The molecule has 0 saturated heterocycles. The van der Waals surface area contributed by atoms with Crippen molar-refractivity contribution in [2.45, 2.75) is 24.2 Å². The predicted octanol–water partition coefficient (Wildman–Crippen LogP) is 4.32. The van der Waals surface area contributed by atoms with Gasteiger partial charge in [0.25, 0.3) is 0 Å². The molecular formula is C22H24N4OS. The van der Waals surface area contributed by atoms with Gasteiger partial charge in [0.2, 0.25) is 0 Å². The minimum atomic E-state index is -3.02. The number of benzene rings is 2. The minimum absolute atomic E-state index is 0.417. The van der Waals surface area contributed by atoms with Crippen molar-refractivity contribution in [2.75, 3.05) is 18.0 Å². The van der Waals surface area contributed by atoms with Gasteiger partial charge >= 0.3 is 0 Å². The molecule has 0 saturated carbocycles. The van der Waals surface area contributed by atoms with E-state index in [9.17, 15) is 4.21 Å². The van der Waals surface area contributed by atoms with E-state index in [1.807, 2.05) is 0 Å². The van der Waals surface area contributed by atoms with Crippen LogP contribution in [0.15, 0.2) is 78.0 Å². The molecule has 1 atom stereocenters. The summed E-state index contributed by atoms with van der Waals surface area (Å²) in [5.74, 6) is 0. The summed E-state index contributed by atoms with van der Waals surface area (Å²) in [6, 6.07) is 20.5. The lowest BCUT2D eigenvalue weighted by Gasteiger charge is -2.27. The monoisotopic (exact) mass is 392 g/mol. The zero-order valence-electron chi connectivity index (χ0n) is 15.7. The Kier molecular flexibility index (Phi) is 5.41. The zero-order chi connectivity index (χ0) is 19.4. The molecule has 1 aliphatic rings. The highest BCUT2D eigenvalue weighted by Gasteiger charge is 2.19. The highest BCUT2D eigenvalue weighted by atomic mass is 32.2. The summed E-state index contributed by atoms with van der Waals surface area (Å²) in [4.78, 5) is 6.74. The van der Waals surface area contributed by atoms with Gasteiger partial charge in [-0.1, -0.05) is 36.4 Å². The van der Waals surface area contributed by atoms with Crippen LogP contribution >= 0.6 is 0 Å². The SMILES string of the molecule is N=S(=O)(NCCCN1c2ccccc2CCc2ccccc21)c1cccnc1. The summed E-state index contributed by atoms with van der Waals surface area (Å²) >= 11 is 0. The van der Waals surface area contributed by atoms with E-state index in [0.29, 0.717) is 11.4 Å². The van der Waals surface area contributed by atoms with Gasteiger partial charge in [0, 0.05) is 36.9 Å². The highest BCUT2D eigenvalue weighted by Crippen LogP contribution is 2.35. The Hall–Kier alpha value is -2.70. The third-order valence-electron chi connectivity index (χ3n) is 5.06. The molecule has 1 aromatic heterocycles. The predicted molar refractivity (Wildman–Crippen MR) is 113 cm³/mol. The van der Waals surface area contributed by atoms with Crippen molar-refractivity contribution in [1.82, 2.24) is 9.71 Å². The van der Waals surface area contributed by atoms with E-state index in [1.54, 1.807) is 18.3 Å². The number of anilines is 2. The van der Waals surface area contributed by atoms with E-state index in [2.05, 4.69) is 63.1 Å². The maximum absolute atomic E-state index is 12.6. The molecule has 4 rings (SSSR count). The fourth-order valence-corrected chi connectivity index (χ4v) is 4.74. The van der Waals surface area contributed by atoms with Crippen LogP contribution in [0.3, 0.4) is 0 Å². The number of hydrogen-bond acceptors (Lipinski definition) is 4. The van der Waals surface area contributed by atoms with Crippen LogP contribution < -0.4 is 9.62 Å². The number of nitrogens with one attached hydrogen (secondary N) is 2. The smallest absolute Gasteiger partial charge is 0.136 e. The van der Waals surface area contributed by atoms with Gasteiger partial charge in [-0.2, -0.15) is 0 Å². The lowest BCUT2D eigenvalue weighted by molar-refractivity contribution is 0.657. The Morgan fingerprint density at radius 2 is 1.61 bits per heavy atom. The van der Waals surface area contributed by atoms with Crippen LogP contribution in [0.2, 0.25) is 0 Å². The number of aromatic nitrogens is 1. The summed E-state index contributed by atoms with van der Waals surface area (Å²) in [6.07, 6.45) is 5.95. The normalized spacial score (nSPS) is 15.2. The molecule has 2 heterocycles. The van der Waals surface area contributed by atoms with E-state index < -0.39 is 9.92 Å². The molecular weight excluding hydrogens is 368 g/mol. The molecule has 3 aromatic rings. The maximum Gasteiger partial charge on any atom is 0.136 e. The summed E-state index contributed by atoms with van der Waals surface area (Å²) in [5.41, 5.74) is 5.19. The number of hydrogen-bond donors (Lipinski definition) is 2. The molecule has 5 nitrogen and oxygen atoms in total. The van der Waals surface area contributed by atoms with Crippen molar-refractivity contribution < 1.29 is 4.21 Å². The summed E-state index contributed by atoms with van der Waals surface area (Å²) in [7, 11) is -3.02. The summed E-state index contributed by atoms with van der Waals surface area (Å²) in [6.45, 7) is 1.29. The summed E-state index contributed by atoms with van der Waals surface area (Å²) < 4.78 is 23.6. The second-order valence-corrected chi connectivity index (χ2v) is 8.77. The van der Waals surface area contributed by atoms with Crippen LogP contribution in [0.4, 0.5) is 11.4 Å². The fraction of sp³-hybridized carbons (Fsp3) is 0.227. The van der Waals surface area contributed by atoms with Gasteiger partial charge in [-0.3, -0.25) is 4.98 Å². The van der Waals surface area contributed by atoms with Crippen LogP contribution in [0, 0.1) is 4.78 Å². The molecule has 0 amide bonds. The van der Waals surface area contributed by atoms with Crippen LogP contribution in [-0.4, -0.2) is 22.3 Å². The third-order valence-corrected chi connectivity index (χ3v) is 6.57. The van der Waals surface area contributed by atoms with E-state index in [1.165, 1.54) is 28.7 Å². The van der Waals surface area contributed by atoms with Crippen molar-refractivity contribution in [1.29, 1.82) is 4.78 Å². The Bertz CT molecular complexity index is 1000. The number of aryl methyl sites for hydroxylation is 2. The van der Waals surface area contributed by atoms with Gasteiger partial charge in [0.15, 0.2) is 0 Å². The largest absolute Gasteiger partial charge is 0.341 e. The average Bonchev–Trinajstić information content (AvgIpc) is 2.89. The molecule has 144 valence electrons. The number of rotatable bonds is 6. The number of para-hydroxylation sites is 2. The van der Waals surface area contributed by atoms with Crippen LogP contribution in [-0.2, 0) is 22.8 Å². The molecule has 0 radical (unpaired) electrons. The summed E-state index contributed by atoms with van der Waals surface area (Å²) in [5, 5.41) is 0. The molecule has 2 N–H and O–H groups in total. The Morgan fingerprint density at radius 1 is 0.964 bits per heavy atom. The van der Waals surface area contributed by atoms with E-state index in [0.717, 1.165) is 25.8 Å². The topological polar surface area (TPSA) is 69.1 Å². The Labute approximate surface area is 166 Å². The average molecular weight is 393 g/mol. The molecule has 0 fully saturated rings. The fourth-order valence-electron chi connectivity index (χ4n) is 3.66. The molecule has 6 heteroatoms. The van der Waals surface area contributed by atoms with Gasteiger partial charge in [0.05, 0.1) is 4.90 Å². The Morgan fingerprint density at radius 3 is 2.21 bits per heavy atom. The van der Waals surface area contributed by atoms with Gasteiger partial charge in [-0.25, -0.2) is 13.7 Å². The van der Waals surface area contributed by atoms with Crippen molar-refractivity contribution in [3.63, 3.8) is 0 Å². The lowest BCUT2D eigenvalue weighted by atomic mass is 10.0. The quantitative estimate of drug-likeness (QED) is 0.614. The molecule has 1 aliphatic heterocycles. The van der Waals surface area contributed by atoms with Crippen LogP contribution in [0.1, 0.15) is 17.5 Å². The van der Waals surface area contributed by atoms with Crippen LogP contribution in [0.25, 0.3) is 0 Å². The number of pyridine rings is 1. The second kappa shape index (κ2) is 8.12. The first-order valence-corrected chi connectivity index (χ1v) is 11.1. The second-order valence-electron chi connectivity index (χ2n) is 6.90. The standard InChI is InChI=1S/C22H24N4OS/c23-28(27,20-9-5-14-24-17-20)25-15-6-16-26-21-10-3-1-7-18(21)12-13-19-8-2-4-11-22(19)26/h1-5,7-11,14,17H,6,12-13,15-16H2,(H2,23,25,27). The molecule has 0 aliphatic carbocycles. The highest BCUT2D eigenvalue weighted by molar-refractivity contribution is 7.90. The number of fused-ring (bicyclic) bond motifs is 2.